The fourth-order valence-electron chi connectivity index (χ4n) is 2.41. The number of hydrogen-bond acceptors (Lipinski definition) is 2. The lowest BCUT2D eigenvalue weighted by Crippen LogP contribution is -2.27. The second-order valence-electron chi connectivity index (χ2n) is 5.89. The van der Waals surface area contributed by atoms with Crippen LogP contribution < -0.4 is 5.32 Å². The first-order chi connectivity index (χ1) is 9.04. The summed E-state index contributed by atoms with van der Waals surface area (Å²) in [5, 5.41) is 3.58. The van der Waals surface area contributed by atoms with E-state index in [1.165, 1.54) is 11.1 Å². The van der Waals surface area contributed by atoms with Gasteiger partial charge < -0.3 is 10.1 Å². The molecule has 0 aromatic heterocycles. The van der Waals surface area contributed by atoms with Crippen LogP contribution in [0.15, 0.2) is 24.3 Å². The molecule has 108 valence electrons. The van der Waals surface area contributed by atoms with Crippen LogP contribution in [0.4, 0.5) is 0 Å². The van der Waals surface area contributed by atoms with E-state index in [4.69, 9.17) is 4.74 Å². The van der Waals surface area contributed by atoms with Crippen LogP contribution in [0.5, 0.6) is 0 Å². The van der Waals surface area contributed by atoms with Crippen molar-refractivity contribution >= 4 is 0 Å². The zero-order valence-electron chi connectivity index (χ0n) is 13.1. The number of nitrogens with one attached hydrogen (secondary N) is 1. The van der Waals surface area contributed by atoms with Gasteiger partial charge in [0.25, 0.3) is 0 Å². The Bertz CT molecular complexity index is 362. The van der Waals surface area contributed by atoms with E-state index in [0.717, 1.165) is 19.5 Å². The molecule has 1 aromatic rings. The van der Waals surface area contributed by atoms with Crippen molar-refractivity contribution in [3.8, 4) is 0 Å². The van der Waals surface area contributed by atoms with Gasteiger partial charge in [-0.2, -0.15) is 0 Å². The van der Waals surface area contributed by atoms with Gasteiger partial charge in [-0.25, -0.2) is 0 Å². The lowest BCUT2D eigenvalue weighted by molar-refractivity contribution is 0.104. The molecule has 2 unspecified atom stereocenters. The predicted molar refractivity (Wildman–Crippen MR) is 82.7 cm³/mol. The second kappa shape index (κ2) is 8.34. The van der Waals surface area contributed by atoms with Crippen LogP contribution >= 0.6 is 0 Å². The Morgan fingerprint density at radius 2 is 1.79 bits per heavy atom. The molecule has 0 amide bonds. The maximum Gasteiger partial charge on any atom is 0.0549 e. The molecule has 0 fully saturated rings. The number of benzene rings is 1. The molecular weight excluding hydrogens is 234 g/mol. The summed E-state index contributed by atoms with van der Waals surface area (Å²) in [6.45, 7) is 10.9. The third-order valence-corrected chi connectivity index (χ3v) is 3.59. The van der Waals surface area contributed by atoms with E-state index in [2.05, 4.69) is 57.3 Å². The van der Waals surface area contributed by atoms with Gasteiger partial charge >= 0.3 is 0 Å². The molecule has 2 nitrogen and oxygen atoms in total. The molecule has 1 N–H and O–H groups in total. The number of ether oxygens (including phenoxy) is 1. The van der Waals surface area contributed by atoms with E-state index in [-0.39, 0.29) is 0 Å². The van der Waals surface area contributed by atoms with Crippen LogP contribution in [0.2, 0.25) is 0 Å². The van der Waals surface area contributed by atoms with Crippen molar-refractivity contribution in [3.63, 3.8) is 0 Å². The van der Waals surface area contributed by atoms with E-state index in [1.54, 1.807) is 7.11 Å². The number of hydrogen-bond donors (Lipinski definition) is 1. The number of rotatable bonds is 8. The Kier molecular flexibility index (Phi) is 7.11. The summed E-state index contributed by atoms with van der Waals surface area (Å²) in [7, 11) is 1.79. The van der Waals surface area contributed by atoms with Gasteiger partial charge in [0, 0.05) is 13.7 Å². The lowest BCUT2D eigenvalue weighted by atomic mass is 9.90. The summed E-state index contributed by atoms with van der Waals surface area (Å²) in [4.78, 5) is 0. The van der Waals surface area contributed by atoms with E-state index in [9.17, 15) is 0 Å². The van der Waals surface area contributed by atoms with Gasteiger partial charge in [-0.1, -0.05) is 38.1 Å². The molecule has 0 heterocycles. The molecule has 1 rings (SSSR count). The van der Waals surface area contributed by atoms with Crippen LogP contribution in [-0.4, -0.2) is 26.3 Å². The summed E-state index contributed by atoms with van der Waals surface area (Å²) >= 11 is 0. The minimum atomic E-state index is 0.297. The van der Waals surface area contributed by atoms with Crippen molar-refractivity contribution in [2.45, 2.75) is 46.1 Å². The summed E-state index contributed by atoms with van der Waals surface area (Å²) < 4.78 is 5.44. The molecule has 0 radical (unpaired) electrons. The number of methoxy groups -OCH3 is 1. The Hall–Kier alpha value is -0.860. The Morgan fingerprint density at radius 3 is 2.37 bits per heavy atom. The summed E-state index contributed by atoms with van der Waals surface area (Å²) in [5.74, 6) is 1.22. The fraction of sp³-hybridized carbons (Fsp3) is 0.647. The van der Waals surface area contributed by atoms with Crippen LogP contribution in [0.1, 0.15) is 44.2 Å². The van der Waals surface area contributed by atoms with Crippen molar-refractivity contribution in [2.75, 3.05) is 20.2 Å². The first-order valence-corrected chi connectivity index (χ1v) is 7.33. The van der Waals surface area contributed by atoms with Gasteiger partial charge in [0.05, 0.1) is 6.10 Å². The first-order valence-electron chi connectivity index (χ1n) is 7.33. The molecule has 0 aliphatic heterocycles. The van der Waals surface area contributed by atoms with Crippen molar-refractivity contribution in [2.24, 2.45) is 5.92 Å². The minimum absolute atomic E-state index is 0.297. The van der Waals surface area contributed by atoms with Gasteiger partial charge in [0.1, 0.15) is 0 Å². The Balaban J connectivity index is 2.71. The molecule has 0 saturated carbocycles. The molecule has 2 heteroatoms. The zero-order valence-corrected chi connectivity index (χ0v) is 13.1. The maximum atomic E-state index is 5.44. The van der Waals surface area contributed by atoms with Crippen LogP contribution in [0.25, 0.3) is 0 Å². The largest absolute Gasteiger partial charge is 0.382 e. The van der Waals surface area contributed by atoms with Gasteiger partial charge in [-0.3, -0.25) is 0 Å². The zero-order chi connectivity index (χ0) is 14.3. The molecule has 0 aliphatic rings. The highest BCUT2D eigenvalue weighted by atomic mass is 16.5. The molecule has 0 bridgehead atoms. The minimum Gasteiger partial charge on any atom is -0.382 e. The fourth-order valence-corrected chi connectivity index (χ4v) is 2.41. The molecule has 0 aliphatic carbocycles. The number of aryl methyl sites for hydroxylation is 1. The monoisotopic (exact) mass is 263 g/mol. The smallest absolute Gasteiger partial charge is 0.0549 e. The molecule has 0 spiro atoms. The van der Waals surface area contributed by atoms with E-state index >= 15 is 0 Å². The maximum absolute atomic E-state index is 5.44. The molecule has 19 heavy (non-hydrogen) atoms. The van der Waals surface area contributed by atoms with Gasteiger partial charge in [0.15, 0.2) is 0 Å². The second-order valence-corrected chi connectivity index (χ2v) is 5.89. The Labute approximate surface area is 118 Å². The highest BCUT2D eigenvalue weighted by molar-refractivity contribution is 5.29. The van der Waals surface area contributed by atoms with E-state index < -0.39 is 0 Å². The Morgan fingerprint density at radius 1 is 1.11 bits per heavy atom. The van der Waals surface area contributed by atoms with Crippen LogP contribution in [0, 0.1) is 12.8 Å². The van der Waals surface area contributed by atoms with Crippen LogP contribution in [-0.2, 0) is 4.74 Å². The topological polar surface area (TPSA) is 21.3 Å². The van der Waals surface area contributed by atoms with E-state index in [1.807, 2.05) is 0 Å². The van der Waals surface area contributed by atoms with Crippen molar-refractivity contribution in [1.29, 1.82) is 0 Å². The van der Waals surface area contributed by atoms with Crippen molar-refractivity contribution < 1.29 is 4.74 Å². The molecular formula is C17H29NO. The van der Waals surface area contributed by atoms with Gasteiger partial charge in [-0.05, 0) is 49.8 Å². The molecule has 1 aromatic carbocycles. The standard InChI is InChI=1S/C17H29NO/c1-13(2)11-18-12-16(10-15(4)19-5)17-9-7-6-8-14(17)3/h6-9,13,15-16,18H,10-12H2,1-5H3. The third kappa shape index (κ3) is 5.75. The normalized spacial score (nSPS) is 14.6. The summed E-state index contributed by atoms with van der Waals surface area (Å²) in [5.41, 5.74) is 2.82. The highest BCUT2D eigenvalue weighted by Gasteiger charge is 2.16. The predicted octanol–water partition coefficient (Wildman–Crippen LogP) is 3.75. The first kappa shape index (κ1) is 16.2. The van der Waals surface area contributed by atoms with Crippen molar-refractivity contribution in [3.05, 3.63) is 35.4 Å². The summed E-state index contributed by atoms with van der Waals surface area (Å²) in [6, 6.07) is 8.69. The van der Waals surface area contributed by atoms with Gasteiger partial charge in [0.2, 0.25) is 0 Å². The third-order valence-electron chi connectivity index (χ3n) is 3.59. The lowest BCUT2D eigenvalue weighted by Gasteiger charge is -2.23. The SMILES string of the molecule is COC(C)CC(CNCC(C)C)c1ccccc1C. The molecule has 2 atom stereocenters. The van der Waals surface area contributed by atoms with Crippen LogP contribution in [0.3, 0.4) is 0 Å². The summed E-state index contributed by atoms with van der Waals surface area (Å²) in [6.07, 6.45) is 1.36. The quantitative estimate of drug-likeness (QED) is 0.771. The van der Waals surface area contributed by atoms with E-state index in [0.29, 0.717) is 17.9 Å². The van der Waals surface area contributed by atoms with Crippen molar-refractivity contribution in [1.82, 2.24) is 5.32 Å². The molecule has 0 saturated heterocycles. The highest BCUT2D eigenvalue weighted by Crippen LogP contribution is 2.24. The average molecular weight is 263 g/mol. The average Bonchev–Trinajstić information content (AvgIpc) is 2.37. The van der Waals surface area contributed by atoms with Gasteiger partial charge in [-0.15, -0.1) is 0 Å².